The molecule has 0 radical (unpaired) electrons. The summed E-state index contributed by atoms with van der Waals surface area (Å²) in [6.45, 7) is 3.85. The molecule has 0 aromatic heterocycles. The average molecular weight is 193 g/mol. The summed E-state index contributed by atoms with van der Waals surface area (Å²) in [4.78, 5) is 12.6. The molecule has 1 rings (SSSR count). The van der Waals surface area contributed by atoms with Crippen molar-refractivity contribution < 1.29 is 9.18 Å². The normalized spacial score (nSPS) is 9.57. The monoisotopic (exact) mass is 193 g/mol. The predicted octanol–water partition coefficient (Wildman–Crippen LogP) is 1.97. The molecule has 0 N–H and O–H groups in total. The molecule has 1 amide bonds. The van der Waals surface area contributed by atoms with Crippen LogP contribution in [0.4, 0.5) is 4.39 Å². The predicted molar refractivity (Wildman–Crippen MR) is 53.1 cm³/mol. The number of amides is 1. The third kappa shape index (κ3) is 2.69. The van der Waals surface area contributed by atoms with Crippen LogP contribution in [0.15, 0.2) is 36.9 Å². The highest BCUT2D eigenvalue weighted by atomic mass is 19.1. The quantitative estimate of drug-likeness (QED) is 0.672. The molecule has 0 saturated carbocycles. The van der Waals surface area contributed by atoms with E-state index in [9.17, 15) is 9.18 Å². The van der Waals surface area contributed by atoms with Crippen LogP contribution in [-0.2, 0) is 11.3 Å². The maximum absolute atomic E-state index is 12.6. The molecule has 14 heavy (non-hydrogen) atoms. The first-order valence-corrected chi connectivity index (χ1v) is 4.25. The standard InChI is InChI=1S/C11H12FNO/c1-3-11(14)13(2)8-9-4-6-10(12)7-5-9/h3-7H,1,8H2,2H3. The number of nitrogens with zero attached hydrogens (tertiary/aromatic N) is 1. The minimum absolute atomic E-state index is 0.144. The van der Waals surface area contributed by atoms with Crippen LogP contribution in [-0.4, -0.2) is 17.9 Å². The Hall–Kier alpha value is -1.64. The second-order valence-corrected chi connectivity index (χ2v) is 3.02. The number of hydrogen-bond acceptors (Lipinski definition) is 1. The third-order valence-electron chi connectivity index (χ3n) is 1.88. The molecule has 2 nitrogen and oxygen atoms in total. The van der Waals surface area contributed by atoms with Gasteiger partial charge in [-0.05, 0) is 23.8 Å². The van der Waals surface area contributed by atoms with Gasteiger partial charge in [-0.2, -0.15) is 0 Å². The molecule has 0 heterocycles. The molecule has 0 unspecified atom stereocenters. The van der Waals surface area contributed by atoms with E-state index in [-0.39, 0.29) is 11.7 Å². The molecular formula is C11H12FNO. The first-order valence-electron chi connectivity index (χ1n) is 4.25. The largest absolute Gasteiger partial charge is 0.338 e. The van der Waals surface area contributed by atoms with Crippen LogP contribution in [0.2, 0.25) is 0 Å². The maximum Gasteiger partial charge on any atom is 0.245 e. The molecule has 0 spiro atoms. The van der Waals surface area contributed by atoms with Crippen LogP contribution in [0.1, 0.15) is 5.56 Å². The van der Waals surface area contributed by atoms with Gasteiger partial charge in [-0.1, -0.05) is 18.7 Å². The number of hydrogen-bond donors (Lipinski definition) is 0. The van der Waals surface area contributed by atoms with Gasteiger partial charge in [0.2, 0.25) is 5.91 Å². The summed E-state index contributed by atoms with van der Waals surface area (Å²) < 4.78 is 12.6. The minimum atomic E-state index is -0.272. The Morgan fingerprint density at radius 2 is 2.07 bits per heavy atom. The average Bonchev–Trinajstić information content (AvgIpc) is 2.20. The van der Waals surface area contributed by atoms with Crippen molar-refractivity contribution in [1.29, 1.82) is 0 Å². The molecule has 0 fully saturated rings. The van der Waals surface area contributed by atoms with E-state index in [1.165, 1.54) is 23.1 Å². The molecule has 0 aliphatic rings. The van der Waals surface area contributed by atoms with E-state index >= 15 is 0 Å². The van der Waals surface area contributed by atoms with Crippen molar-refractivity contribution in [2.45, 2.75) is 6.54 Å². The summed E-state index contributed by atoms with van der Waals surface area (Å²) in [7, 11) is 1.67. The molecule has 0 aliphatic heterocycles. The number of rotatable bonds is 3. The first-order chi connectivity index (χ1) is 6.63. The number of benzene rings is 1. The van der Waals surface area contributed by atoms with E-state index in [2.05, 4.69) is 6.58 Å². The van der Waals surface area contributed by atoms with Gasteiger partial charge >= 0.3 is 0 Å². The Bertz CT molecular complexity index is 332. The van der Waals surface area contributed by atoms with E-state index in [4.69, 9.17) is 0 Å². The third-order valence-corrected chi connectivity index (χ3v) is 1.88. The molecule has 0 saturated heterocycles. The number of carbonyl (C=O) groups is 1. The van der Waals surface area contributed by atoms with Gasteiger partial charge in [0.05, 0.1) is 0 Å². The number of likely N-dealkylation sites (N-methyl/N-ethyl adjacent to an activating group) is 1. The Kier molecular flexibility index (Phi) is 3.40. The van der Waals surface area contributed by atoms with Gasteiger partial charge in [0, 0.05) is 13.6 Å². The van der Waals surface area contributed by atoms with Crippen LogP contribution in [0.5, 0.6) is 0 Å². The maximum atomic E-state index is 12.6. The highest BCUT2D eigenvalue weighted by Crippen LogP contribution is 2.05. The zero-order valence-electron chi connectivity index (χ0n) is 8.03. The molecule has 1 aromatic carbocycles. The lowest BCUT2D eigenvalue weighted by molar-refractivity contribution is -0.125. The lowest BCUT2D eigenvalue weighted by Gasteiger charge is -2.14. The van der Waals surface area contributed by atoms with Crippen LogP contribution in [0.3, 0.4) is 0 Å². The summed E-state index contributed by atoms with van der Waals surface area (Å²) >= 11 is 0. The SMILES string of the molecule is C=CC(=O)N(C)Cc1ccc(F)cc1. The minimum Gasteiger partial charge on any atom is -0.338 e. The Morgan fingerprint density at radius 3 is 2.57 bits per heavy atom. The summed E-state index contributed by atoms with van der Waals surface area (Å²) in [6.07, 6.45) is 1.25. The van der Waals surface area contributed by atoms with Gasteiger partial charge in [-0.3, -0.25) is 4.79 Å². The zero-order chi connectivity index (χ0) is 10.6. The smallest absolute Gasteiger partial charge is 0.245 e. The summed E-state index contributed by atoms with van der Waals surface area (Å²) in [5.41, 5.74) is 0.893. The first kappa shape index (κ1) is 10.4. The second kappa shape index (κ2) is 4.56. The molecule has 0 bridgehead atoms. The van der Waals surface area contributed by atoms with Crippen molar-refractivity contribution in [3.8, 4) is 0 Å². The fraction of sp³-hybridized carbons (Fsp3) is 0.182. The summed E-state index contributed by atoms with van der Waals surface area (Å²) in [5, 5.41) is 0. The molecule has 3 heteroatoms. The van der Waals surface area contributed by atoms with Crippen molar-refractivity contribution in [2.24, 2.45) is 0 Å². The molecule has 0 atom stereocenters. The topological polar surface area (TPSA) is 20.3 Å². The Morgan fingerprint density at radius 1 is 1.50 bits per heavy atom. The van der Waals surface area contributed by atoms with Crippen molar-refractivity contribution in [3.05, 3.63) is 48.3 Å². The van der Waals surface area contributed by atoms with Crippen molar-refractivity contribution >= 4 is 5.91 Å². The van der Waals surface area contributed by atoms with Crippen molar-refractivity contribution in [1.82, 2.24) is 4.90 Å². The van der Waals surface area contributed by atoms with Gasteiger partial charge in [-0.25, -0.2) is 4.39 Å². The highest BCUT2D eigenvalue weighted by Gasteiger charge is 2.04. The fourth-order valence-electron chi connectivity index (χ4n) is 1.10. The van der Waals surface area contributed by atoms with Gasteiger partial charge in [-0.15, -0.1) is 0 Å². The Labute approximate surface area is 82.7 Å². The van der Waals surface area contributed by atoms with E-state index in [1.807, 2.05) is 0 Å². The van der Waals surface area contributed by atoms with Crippen molar-refractivity contribution in [2.75, 3.05) is 7.05 Å². The summed E-state index contributed by atoms with van der Waals surface area (Å²) in [6, 6.07) is 6.06. The summed E-state index contributed by atoms with van der Waals surface area (Å²) in [5.74, 6) is -0.416. The van der Waals surface area contributed by atoms with E-state index in [0.29, 0.717) is 6.54 Å². The van der Waals surface area contributed by atoms with E-state index < -0.39 is 0 Å². The van der Waals surface area contributed by atoms with E-state index in [0.717, 1.165) is 5.56 Å². The van der Waals surface area contributed by atoms with E-state index in [1.54, 1.807) is 19.2 Å². The van der Waals surface area contributed by atoms with Crippen LogP contribution in [0, 0.1) is 5.82 Å². The second-order valence-electron chi connectivity index (χ2n) is 3.02. The van der Waals surface area contributed by atoms with Gasteiger partial charge in [0.25, 0.3) is 0 Å². The van der Waals surface area contributed by atoms with Crippen LogP contribution >= 0.6 is 0 Å². The lowest BCUT2D eigenvalue weighted by Crippen LogP contribution is -2.23. The van der Waals surface area contributed by atoms with Crippen molar-refractivity contribution in [3.63, 3.8) is 0 Å². The van der Waals surface area contributed by atoms with Gasteiger partial charge in [0.15, 0.2) is 0 Å². The Balaban J connectivity index is 2.64. The van der Waals surface area contributed by atoms with Gasteiger partial charge < -0.3 is 4.90 Å². The molecular weight excluding hydrogens is 181 g/mol. The fourth-order valence-corrected chi connectivity index (χ4v) is 1.10. The van der Waals surface area contributed by atoms with Gasteiger partial charge in [0.1, 0.15) is 5.82 Å². The van der Waals surface area contributed by atoms with Crippen LogP contribution < -0.4 is 0 Å². The lowest BCUT2D eigenvalue weighted by atomic mass is 10.2. The van der Waals surface area contributed by atoms with Crippen LogP contribution in [0.25, 0.3) is 0 Å². The zero-order valence-corrected chi connectivity index (χ0v) is 8.03. The highest BCUT2D eigenvalue weighted by molar-refractivity contribution is 5.86. The molecule has 0 aliphatic carbocycles. The molecule has 1 aromatic rings. The number of halogens is 1. The molecule has 74 valence electrons. The number of carbonyl (C=O) groups excluding carboxylic acids is 1.